The van der Waals surface area contributed by atoms with Crippen molar-refractivity contribution in [3.05, 3.63) is 29.8 Å². The summed E-state index contributed by atoms with van der Waals surface area (Å²) >= 11 is 0. The third-order valence-electron chi connectivity index (χ3n) is 3.47. The van der Waals surface area contributed by atoms with E-state index >= 15 is 0 Å². The van der Waals surface area contributed by atoms with Crippen LogP contribution in [0, 0.1) is 0 Å². The average molecular weight is 250 g/mol. The molecule has 1 fully saturated rings. The summed E-state index contributed by atoms with van der Waals surface area (Å²) in [5.41, 5.74) is 1.28. The van der Waals surface area contributed by atoms with E-state index in [1.54, 1.807) is 7.11 Å². The van der Waals surface area contributed by atoms with Crippen LogP contribution in [0.15, 0.2) is 24.3 Å². The van der Waals surface area contributed by atoms with Crippen molar-refractivity contribution in [1.29, 1.82) is 0 Å². The number of nitrogens with one attached hydrogen (secondary N) is 1. The van der Waals surface area contributed by atoms with Crippen LogP contribution in [0.1, 0.15) is 11.6 Å². The molecule has 2 unspecified atom stereocenters. The van der Waals surface area contributed by atoms with Crippen LogP contribution in [0.3, 0.4) is 0 Å². The summed E-state index contributed by atoms with van der Waals surface area (Å²) in [6.07, 6.45) is 0.196. The molecule has 1 heterocycles. The van der Waals surface area contributed by atoms with Gasteiger partial charge in [0.05, 0.1) is 25.9 Å². The minimum atomic E-state index is 0.196. The highest BCUT2D eigenvalue weighted by molar-refractivity contribution is 5.30. The summed E-state index contributed by atoms with van der Waals surface area (Å²) < 4.78 is 11.1. The van der Waals surface area contributed by atoms with Crippen LogP contribution in [-0.2, 0) is 4.74 Å². The first-order chi connectivity index (χ1) is 8.76. The summed E-state index contributed by atoms with van der Waals surface area (Å²) in [5.74, 6) is 0.892. The predicted molar refractivity (Wildman–Crippen MR) is 72.0 cm³/mol. The van der Waals surface area contributed by atoms with Crippen molar-refractivity contribution in [2.24, 2.45) is 0 Å². The summed E-state index contributed by atoms with van der Waals surface area (Å²) in [7, 11) is 5.80. The highest BCUT2D eigenvalue weighted by Crippen LogP contribution is 2.29. The van der Waals surface area contributed by atoms with Gasteiger partial charge in [-0.25, -0.2) is 0 Å². The Morgan fingerprint density at radius 3 is 2.72 bits per heavy atom. The second-order valence-corrected chi connectivity index (χ2v) is 4.67. The molecule has 1 aliphatic rings. The molecule has 0 spiro atoms. The molecule has 1 aliphatic heterocycles. The number of rotatable bonds is 4. The second kappa shape index (κ2) is 6.18. The minimum absolute atomic E-state index is 0.196. The molecular weight excluding hydrogens is 228 g/mol. The van der Waals surface area contributed by atoms with Gasteiger partial charge in [-0.1, -0.05) is 12.1 Å². The van der Waals surface area contributed by atoms with Gasteiger partial charge >= 0.3 is 0 Å². The van der Waals surface area contributed by atoms with Gasteiger partial charge in [0.2, 0.25) is 0 Å². The van der Waals surface area contributed by atoms with Crippen LogP contribution in [0.25, 0.3) is 0 Å². The first kappa shape index (κ1) is 13.3. The third-order valence-corrected chi connectivity index (χ3v) is 3.47. The molecule has 4 heteroatoms. The van der Waals surface area contributed by atoms with Crippen LogP contribution in [0.2, 0.25) is 0 Å². The van der Waals surface area contributed by atoms with Crippen LogP contribution in [-0.4, -0.2) is 51.9 Å². The molecule has 0 aromatic heterocycles. The maximum absolute atomic E-state index is 5.88. The lowest BCUT2D eigenvalue weighted by atomic mass is 9.98. The fraction of sp³-hybridized carbons (Fsp3) is 0.571. The van der Waals surface area contributed by atoms with Crippen molar-refractivity contribution >= 4 is 0 Å². The van der Waals surface area contributed by atoms with E-state index in [0.29, 0.717) is 6.04 Å². The molecule has 1 N–H and O–H groups in total. The van der Waals surface area contributed by atoms with Crippen LogP contribution >= 0.6 is 0 Å². The number of hydrogen-bond acceptors (Lipinski definition) is 4. The minimum Gasteiger partial charge on any atom is -0.497 e. The normalized spacial score (nSPS) is 25.1. The zero-order valence-electron chi connectivity index (χ0n) is 11.3. The molecule has 100 valence electrons. The Kier molecular flexibility index (Phi) is 4.58. The number of methoxy groups -OCH3 is 1. The molecule has 0 saturated carbocycles. The van der Waals surface area contributed by atoms with E-state index in [-0.39, 0.29) is 6.10 Å². The van der Waals surface area contributed by atoms with Gasteiger partial charge in [-0.05, 0) is 31.8 Å². The van der Waals surface area contributed by atoms with E-state index in [1.807, 2.05) is 19.2 Å². The van der Waals surface area contributed by atoms with Gasteiger partial charge in [-0.3, -0.25) is 4.90 Å². The third kappa shape index (κ3) is 2.83. The van der Waals surface area contributed by atoms with Crippen molar-refractivity contribution in [3.8, 4) is 5.75 Å². The largest absolute Gasteiger partial charge is 0.497 e. The lowest BCUT2D eigenvalue weighted by molar-refractivity contribution is -0.0606. The van der Waals surface area contributed by atoms with E-state index in [2.05, 4.69) is 29.4 Å². The van der Waals surface area contributed by atoms with Crippen molar-refractivity contribution in [2.45, 2.75) is 12.1 Å². The number of likely N-dealkylation sites (N-methyl/N-ethyl adjacent to an activating group) is 2. The van der Waals surface area contributed by atoms with E-state index in [4.69, 9.17) is 9.47 Å². The SMILES string of the molecule is CNCC1OCCN(C)C1c1ccc(OC)cc1. The molecule has 1 aromatic rings. The summed E-state index contributed by atoms with van der Waals surface area (Å²) in [5, 5.41) is 3.20. The van der Waals surface area contributed by atoms with Crippen LogP contribution in [0.5, 0.6) is 5.75 Å². The van der Waals surface area contributed by atoms with E-state index < -0.39 is 0 Å². The molecule has 2 rings (SSSR count). The van der Waals surface area contributed by atoms with E-state index in [9.17, 15) is 0 Å². The van der Waals surface area contributed by atoms with Gasteiger partial charge < -0.3 is 14.8 Å². The smallest absolute Gasteiger partial charge is 0.118 e. The maximum atomic E-state index is 5.88. The zero-order chi connectivity index (χ0) is 13.0. The average Bonchev–Trinajstić information content (AvgIpc) is 2.40. The molecule has 0 aliphatic carbocycles. The van der Waals surface area contributed by atoms with Gasteiger partial charge in [0, 0.05) is 13.1 Å². The quantitative estimate of drug-likeness (QED) is 0.873. The van der Waals surface area contributed by atoms with E-state index in [1.165, 1.54) is 5.56 Å². The standard InChI is InChI=1S/C14H22N2O2/c1-15-10-13-14(16(2)8-9-18-13)11-4-6-12(17-3)7-5-11/h4-7,13-15H,8-10H2,1-3H3. The molecule has 18 heavy (non-hydrogen) atoms. The number of hydrogen-bond donors (Lipinski definition) is 1. The van der Waals surface area contributed by atoms with Gasteiger partial charge in [0.25, 0.3) is 0 Å². The van der Waals surface area contributed by atoms with Crippen molar-refractivity contribution in [1.82, 2.24) is 10.2 Å². The summed E-state index contributed by atoms with van der Waals surface area (Å²) in [6, 6.07) is 8.56. The number of ether oxygens (including phenoxy) is 2. The highest BCUT2D eigenvalue weighted by Gasteiger charge is 2.30. The number of nitrogens with zero attached hydrogens (tertiary/aromatic N) is 1. The summed E-state index contributed by atoms with van der Waals surface area (Å²) in [6.45, 7) is 2.63. The maximum Gasteiger partial charge on any atom is 0.118 e. The van der Waals surface area contributed by atoms with Crippen LogP contribution in [0.4, 0.5) is 0 Å². The Morgan fingerprint density at radius 2 is 2.11 bits per heavy atom. The Morgan fingerprint density at radius 1 is 1.39 bits per heavy atom. The molecule has 0 bridgehead atoms. The Hall–Kier alpha value is -1.10. The fourth-order valence-electron chi connectivity index (χ4n) is 2.50. The lowest BCUT2D eigenvalue weighted by Gasteiger charge is -2.39. The van der Waals surface area contributed by atoms with Crippen molar-refractivity contribution in [2.75, 3.05) is 40.9 Å². The number of benzene rings is 1. The van der Waals surface area contributed by atoms with Gasteiger partial charge in [0.1, 0.15) is 5.75 Å². The van der Waals surface area contributed by atoms with Gasteiger partial charge in [0.15, 0.2) is 0 Å². The van der Waals surface area contributed by atoms with Crippen molar-refractivity contribution in [3.63, 3.8) is 0 Å². The molecular formula is C14H22N2O2. The zero-order valence-corrected chi connectivity index (χ0v) is 11.3. The molecule has 4 nitrogen and oxygen atoms in total. The molecule has 1 saturated heterocycles. The van der Waals surface area contributed by atoms with Gasteiger partial charge in [-0.2, -0.15) is 0 Å². The van der Waals surface area contributed by atoms with Crippen molar-refractivity contribution < 1.29 is 9.47 Å². The first-order valence-electron chi connectivity index (χ1n) is 6.36. The highest BCUT2D eigenvalue weighted by atomic mass is 16.5. The summed E-state index contributed by atoms with van der Waals surface area (Å²) in [4.78, 5) is 2.35. The van der Waals surface area contributed by atoms with Crippen LogP contribution < -0.4 is 10.1 Å². The second-order valence-electron chi connectivity index (χ2n) is 4.67. The molecule has 1 aromatic carbocycles. The predicted octanol–water partition coefficient (Wildman–Crippen LogP) is 1.29. The Bertz CT molecular complexity index is 365. The monoisotopic (exact) mass is 250 g/mol. The molecule has 0 radical (unpaired) electrons. The fourth-order valence-corrected chi connectivity index (χ4v) is 2.50. The van der Waals surface area contributed by atoms with E-state index in [0.717, 1.165) is 25.4 Å². The van der Waals surface area contributed by atoms with Gasteiger partial charge in [-0.15, -0.1) is 0 Å². The molecule has 0 amide bonds. The molecule has 2 atom stereocenters. The topological polar surface area (TPSA) is 33.7 Å². The number of morpholine rings is 1. The Labute approximate surface area is 109 Å². The Balaban J connectivity index is 2.19. The first-order valence-corrected chi connectivity index (χ1v) is 6.36. The lowest BCUT2D eigenvalue weighted by Crippen LogP contribution is -2.46.